The van der Waals surface area contributed by atoms with Gasteiger partial charge in [-0.05, 0) is 39.0 Å². The largest absolute Gasteiger partial charge is 0.462 e. The molecule has 6 atom stereocenters. The van der Waals surface area contributed by atoms with Crippen molar-refractivity contribution in [1.82, 2.24) is 5.09 Å². The van der Waals surface area contributed by atoms with Crippen LogP contribution in [0.4, 0.5) is 0 Å². The monoisotopic (exact) mass is 524 g/mol. The molecular weight excluding hydrogens is 493 g/mol. The van der Waals surface area contributed by atoms with Crippen molar-refractivity contribution in [1.29, 1.82) is 0 Å². The van der Waals surface area contributed by atoms with Crippen LogP contribution in [0.3, 0.4) is 0 Å². The summed E-state index contributed by atoms with van der Waals surface area (Å²) in [5, 5.41) is 23.6. The number of rotatable bonds is 11. The lowest BCUT2D eigenvalue weighted by Crippen LogP contribution is -2.46. The van der Waals surface area contributed by atoms with Crippen LogP contribution in [0.15, 0.2) is 54.9 Å². The number of amides is 1. The number of benzene rings is 1. The average molecular weight is 524 g/mol. The zero-order valence-electron chi connectivity index (χ0n) is 20.1. The van der Waals surface area contributed by atoms with Crippen molar-refractivity contribution in [3.05, 3.63) is 60.4 Å². The van der Waals surface area contributed by atoms with Crippen LogP contribution in [0, 0.1) is 0 Å². The van der Waals surface area contributed by atoms with Crippen LogP contribution in [-0.4, -0.2) is 59.2 Å². The molecule has 36 heavy (non-hydrogen) atoms. The second kappa shape index (κ2) is 11.9. The molecule has 0 spiro atoms. The average Bonchev–Trinajstić information content (AvgIpc) is 3.11. The molecule has 1 aliphatic heterocycles. The van der Waals surface area contributed by atoms with Gasteiger partial charge in [-0.25, -0.2) is 4.57 Å². The number of nitrogens with zero attached hydrogens (tertiary/aromatic N) is 1. The quantitative estimate of drug-likeness (QED) is 0.187. The van der Waals surface area contributed by atoms with Crippen LogP contribution >= 0.6 is 7.75 Å². The summed E-state index contributed by atoms with van der Waals surface area (Å²) < 4.78 is 37.0. The Kier molecular flexibility index (Phi) is 9.18. The van der Waals surface area contributed by atoms with Gasteiger partial charge in [0.15, 0.2) is 18.5 Å². The Morgan fingerprint density at radius 2 is 1.83 bits per heavy atom. The van der Waals surface area contributed by atoms with E-state index in [0.29, 0.717) is 0 Å². The number of pyridine rings is 1. The molecule has 13 heteroatoms. The molecule has 196 valence electrons. The Hall–Kier alpha value is -2.86. The third-order valence-corrected chi connectivity index (χ3v) is 6.82. The number of carbonyl (C=O) groups excluding carboxylic acids is 2. The van der Waals surface area contributed by atoms with Gasteiger partial charge in [0.1, 0.15) is 29.6 Å². The van der Waals surface area contributed by atoms with E-state index in [2.05, 4.69) is 5.09 Å². The van der Waals surface area contributed by atoms with Crippen molar-refractivity contribution in [2.45, 2.75) is 57.5 Å². The summed E-state index contributed by atoms with van der Waals surface area (Å²) in [5.74, 6) is -1.13. The van der Waals surface area contributed by atoms with E-state index in [1.54, 1.807) is 44.2 Å². The number of esters is 1. The van der Waals surface area contributed by atoms with E-state index in [-0.39, 0.29) is 17.4 Å². The summed E-state index contributed by atoms with van der Waals surface area (Å²) >= 11 is 0. The number of ether oxygens (including phenoxy) is 2. The molecule has 3 unspecified atom stereocenters. The predicted molar refractivity (Wildman–Crippen MR) is 126 cm³/mol. The second-order valence-corrected chi connectivity index (χ2v) is 10.2. The Bertz CT molecular complexity index is 1100. The lowest BCUT2D eigenvalue weighted by atomic mass is 10.1. The molecule has 3 rings (SSSR count). The minimum atomic E-state index is -4.20. The van der Waals surface area contributed by atoms with Gasteiger partial charge in [-0.15, -0.1) is 0 Å². The zero-order chi connectivity index (χ0) is 26.5. The highest BCUT2D eigenvalue weighted by Gasteiger charge is 2.49. The molecule has 12 nitrogen and oxygen atoms in total. The molecule has 1 amide bonds. The molecule has 1 saturated heterocycles. The van der Waals surface area contributed by atoms with E-state index in [9.17, 15) is 24.4 Å². The van der Waals surface area contributed by atoms with Crippen LogP contribution in [0.1, 0.15) is 37.4 Å². The first-order chi connectivity index (χ1) is 17.0. The number of nitrogens with two attached hydrogens (primary N) is 1. The molecule has 0 aliphatic carbocycles. The summed E-state index contributed by atoms with van der Waals surface area (Å²) in [6.07, 6.45) is -2.50. The van der Waals surface area contributed by atoms with Crippen molar-refractivity contribution in [2.24, 2.45) is 5.73 Å². The highest BCUT2D eigenvalue weighted by atomic mass is 31.2. The Labute approximate surface area is 208 Å². The van der Waals surface area contributed by atoms with Crippen LogP contribution in [-0.2, 0) is 23.4 Å². The predicted octanol–water partition coefficient (Wildman–Crippen LogP) is 0.826. The normalized spacial score (nSPS) is 24.2. The molecule has 1 aliphatic rings. The minimum Gasteiger partial charge on any atom is -0.462 e. The number of aromatic nitrogens is 1. The van der Waals surface area contributed by atoms with Crippen LogP contribution in [0.5, 0.6) is 5.75 Å². The highest BCUT2D eigenvalue weighted by molar-refractivity contribution is 7.52. The topological polar surface area (TPSA) is 171 Å². The van der Waals surface area contributed by atoms with E-state index in [1.165, 1.54) is 36.0 Å². The zero-order valence-corrected chi connectivity index (χ0v) is 21.0. The van der Waals surface area contributed by atoms with E-state index in [4.69, 9.17) is 24.3 Å². The molecule has 0 radical (unpaired) electrons. The standard InChI is InChI=1S/C23H30N3O9P/c1-14(2)33-23(30)15(3)25-36(31,35-17-9-5-4-6-10-17)32-13-18-19(27)20(28)22(34-18)26-11-7-8-16(12-26)21(24)29/h4-12,14-15,18-20,22,27-28H,13H2,1-3H3,(H2-,24,25,29,31)/p+1/t15-,18+,19?,20?,22+,36?/m0/s1. The fraction of sp³-hybridized carbons (Fsp3) is 0.435. The third-order valence-electron chi connectivity index (χ3n) is 5.17. The molecular formula is C23H31N3O9P+. The summed E-state index contributed by atoms with van der Waals surface area (Å²) in [5.41, 5.74) is 5.48. The summed E-state index contributed by atoms with van der Waals surface area (Å²) in [4.78, 5) is 23.8. The van der Waals surface area contributed by atoms with Gasteiger partial charge in [-0.1, -0.05) is 18.2 Å². The first kappa shape index (κ1) is 27.7. The van der Waals surface area contributed by atoms with Gasteiger partial charge in [-0.2, -0.15) is 9.65 Å². The van der Waals surface area contributed by atoms with Gasteiger partial charge in [0.05, 0.1) is 12.7 Å². The Morgan fingerprint density at radius 1 is 1.14 bits per heavy atom. The number of hydrogen-bond donors (Lipinski definition) is 4. The van der Waals surface area contributed by atoms with Crippen molar-refractivity contribution >= 4 is 19.6 Å². The summed E-state index contributed by atoms with van der Waals surface area (Å²) in [7, 11) is -4.20. The van der Waals surface area contributed by atoms with Gasteiger partial charge in [0.25, 0.3) is 12.1 Å². The molecule has 5 N–H and O–H groups in total. The molecule has 1 aromatic heterocycles. The van der Waals surface area contributed by atoms with Crippen LogP contribution in [0.2, 0.25) is 0 Å². The maximum absolute atomic E-state index is 13.6. The molecule has 0 saturated carbocycles. The van der Waals surface area contributed by atoms with Crippen molar-refractivity contribution in [3.63, 3.8) is 0 Å². The number of aliphatic hydroxyl groups excluding tert-OH is 2. The van der Waals surface area contributed by atoms with Gasteiger partial charge in [0, 0.05) is 6.07 Å². The first-order valence-electron chi connectivity index (χ1n) is 11.3. The first-order valence-corrected chi connectivity index (χ1v) is 12.8. The SMILES string of the molecule is CC(C)OC(=O)[C@H](C)NP(=O)(OC[C@H]1O[C@@H]([n+]2cccc(C(N)=O)c2)C(O)C1O)Oc1ccccc1. The second-order valence-electron chi connectivity index (χ2n) is 8.48. The van der Waals surface area contributed by atoms with Crippen molar-refractivity contribution in [2.75, 3.05) is 6.61 Å². The lowest BCUT2D eigenvalue weighted by Gasteiger charge is -2.24. The fourth-order valence-electron chi connectivity index (χ4n) is 3.42. The lowest BCUT2D eigenvalue weighted by molar-refractivity contribution is -0.765. The number of para-hydroxylation sites is 1. The molecule has 1 fully saturated rings. The van der Waals surface area contributed by atoms with Crippen molar-refractivity contribution in [3.8, 4) is 5.75 Å². The van der Waals surface area contributed by atoms with Crippen molar-refractivity contribution < 1.29 is 47.5 Å². The molecule has 0 bridgehead atoms. The number of primary amides is 1. The number of aliphatic hydroxyl groups is 2. The van der Waals surface area contributed by atoms with E-state index in [1.807, 2.05) is 0 Å². The van der Waals surface area contributed by atoms with Gasteiger partial charge >= 0.3 is 13.7 Å². The van der Waals surface area contributed by atoms with Gasteiger partial charge < -0.3 is 29.9 Å². The maximum atomic E-state index is 13.6. The molecule has 1 aromatic carbocycles. The summed E-state index contributed by atoms with van der Waals surface area (Å²) in [6.45, 7) is 4.34. The van der Waals surface area contributed by atoms with Crippen LogP contribution in [0.25, 0.3) is 0 Å². The summed E-state index contributed by atoms with van der Waals surface area (Å²) in [6, 6.07) is 10.2. The fourth-order valence-corrected chi connectivity index (χ4v) is 4.92. The Morgan fingerprint density at radius 3 is 2.47 bits per heavy atom. The van der Waals surface area contributed by atoms with E-state index >= 15 is 0 Å². The maximum Gasteiger partial charge on any atom is 0.459 e. The highest BCUT2D eigenvalue weighted by Crippen LogP contribution is 2.45. The molecule has 2 aromatic rings. The van der Waals surface area contributed by atoms with Gasteiger partial charge in [-0.3, -0.25) is 14.1 Å². The third kappa shape index (κ3) is 7.10. The van der Waals surface area contributed by atoms with Gasteiger partial charge in [0.2, 0.25) is 0 Å². The number of hydrogen-bond acceptors (Lipinski definition) is 9. The van der Waals surface area contributed by atoms with E-state index in [0.717, 1.165) is 0 Å². The smallest absolute Gasteiger partial charge is 0.459 e. The van der Waals surface area contributed by atoms with Crippen LogP contribution < -0.4 is 19.9 Å². The minimum absolute atomic E-state index is 0.176. The number of nitrogens with one attached hydrogen (secondary N) is 1. The van der Waals surface area contributed by atoms with E-state index < -0.39 is 56.8 Å². The molecule has 2 heterocycles. The number of carbonyl (C=O) groups is 2. The Balaban J connectivity index is 1.74.